The average molecular weight is 164 g/mol. The summed E-state index contributed by atoms with van der Waals surface area (Å²) in [6.45, 7) is 3.59. The summed E-state index contributed by atoms with van der Waals surface area (Å²) in [6.07, 6.45) is 7.88. The molecular weight excluding hydrogens is 152 g/mol. The summed E-state index contributed by atoms with van der Waals surface area (Å²) < 4.78 is 1.65. The van der Waals surface area contributed by atoms with Crippen LogP contribution in [0.2, 0.25) is 0 Å². The Morgan fingerprint density at radius 3 is 3.00 bits per heavy atom. The van der Waals surface area contributed by atoms with E-state index in [4.69, 9.17) is 0 Å². The lowest BCUT2D eigenvalue weighted by molar-refractivity contribution is 0.151. The second-order valence-corrected chi connectivity index (χ2v) is 3.41. The lowest BCUT2D eigenvalue weighted by Gasteiger charge is -2.02. The molecule has 0 bridgehead atoms. The first kappa shape index (κ1) is 7.55. The molecule has 64 valence electrons. The zero-order chi connectivity index (χ0) is 8.60. The van der Waals surface area contributed by atoms with Crippen LogP contribution in [0.25, 0.3) is 6.20 Å². The predicted molar refractivity (Wildman–Crippen MR) is 46.5 cm³/mol. The number of nitrogens with zero attached hydrogens (tertiary/aromatic N) is 2. The van der Waals surface area contributed by atoms with E-state index in [1.165, 1.54) is 0 Å². The minimum atomic E-state index is -0.422. The van der Waals surface area contributed by atoms with Gasteiger partial charge in [0.05, 0.1) is 11.8 Å². The Morgan fingerprint density at radius 1 is 1.75 bits per heavy atom. The first-order valence-electron chi connectivity index (χ1n) is 4.10. The van der Waals surface area contributed by atoms with E-state index in [9.17, 15) is 5.11 Å². The van der Waals surface area contributed by atoms with Crippen molar-refractivity contribution < 1.29 is 5.11 Å². The molecule has 1 aliphatic rings. The van der Waals surface area contributed by atoms with Crippen LogP contribution in [-0.2, 0) is 6.42 Å². The summed E-state index contributed by atoms with van der Waals surface area (Å²) >= 11 is 0. The van der Waals surface area contributed by atoms with Gasteiger partial charge in [-0.3, -0.25) is 0 Å². The molecule has 1 N–H and O–H groups in total. The molecule has 2 rings (SSSR count). The fraction of sp³-hybridized carbons (Fsp3) is 0.444. The highest BCUT2D eigenvalue weighted by molar-refractivity contribution is 5.20. The van der Waals surface area contributed by atoms with Crippen molar-refractivity contribution in [1.29, 1.82) is 0 Å². The highest BCUT2D eigenvalue weighted by Gasteiger charge is 2.40. The fourth-order valence-corrected chi connectivity index (χ4v) is 1.27. The minimum absolute atomic E-state index is 0.422. The monoisotopic (exact) mass is 164 g/mol. The third kappa shape index (κ3) is 1.41. The van der Waals surface area contributed by atoms with E-state index in [1.54, 1.807) is 17.1 Å². The van der Waals surface area contributed by atoms with Gasteiger partial charge >= 0.3 is 0 Å². The Labute approximate surface area is 71.3 Å². The van der Waals surface area contributed by atoms with Crippen molar-refractivity contribution >= 4 is 6.20 Å². The average Bonchev–Trinajstić information content (AvgIpc) is 2.63. The quantitative estimate of drug-likeness (QED) is 0.725. The summed E-state index contributed by atoms with van der Waals surface area (Å²) in [4.78, 5) is 0. The first-order valence-corrected chi connectivity index (χ1v) is 4.10. The molecule has 1 aliphatic carbocycles. The van der Waals surface area contributed by atoms with Crippen LogP contribution < -0.4 is 0 Å². The van der Waals surface area contributed by atoms with Crippen molar-refractivity contribution in [3.63, 3.8) is 0 Å². The van der Waals surface area contributed by atoms with Crippen LogP contribution >= 0.6 is 0 Å². The third-order valence-electron chi connectivity index (χ3n) is 2.20. The molecule has 3 heteroatoms. The van der Waals surface area contributed by atoms with Gasteiger partial charge in [-0.05, 0) is 18.4 Å². The van der Waals surface area contributed by atoms with E-state index in [1.807, 2.05) is 6.20 Å². The Hall–Kier alpha value is -1.09. The van der Waals surface area contributed by atoms with Crippen LogP contribution in [0.3, 0.4) is 0 Å². The minimum Gasteiger partial charge on any atom is -0.390 e. The maximum Gasteiger partial charge on any atom is 0.0691 e. The van der Waals surface area contributed by atoms with E-state index < -0.39 is 5.60 Å². The van der Waals surface area contributed by atoms with Crippen molar-refractivity contribution in [2.75, 3.05) is 0 Å². The standard InChI is InChI=1S/C9H12N2O/c1-2-11-7-8(6-10-11)5-9(12)3-4-9/h2,6-7,12H,1,3-5H2. The Bertz CT molecular complexity index is 299. The molecular formula is C9H12N2O. The molecule has 0 spiro atoms. The second-order valence-electron chi connectivity index (χ2n) is 3.41. The number of hydrogen-bond acceptors (Lipinski definition) is 2. The Morgan fingerprint density at radius 2 is 2.50 bits per heavy atom. The zero-order valence-electron chi connectivity index (χ0n) is 6.90. The van der Waals surface area contributed by atoms with Gasteiger partial charge < -0.3 is 5.11 Å². The van der Waals surface area contributed by atoms with E-state index in [2.05, 4.69) is 11.7 Å². The largest absolute Gasteiger partial charge is 0.390 e. The molecule has 0 amide bonds. The van der Waals surface area contributed by atoms with Gasteiger partial charge in [-0.1, -0.05) is 6.58 Å². The third-order valence-corrected chi connectivity index (χ3v) is 2.20. The summed E-state index contributed by atoms with van der Waals surface area (Å²) in [5.41, 5.74) is 0.657. The van der Waals surface area contributed by atoms with E-state index in [0.29, 0.717) is 0 Å². The summed E-state index contributed by atoms with van der Waals surface area (Å²) in [5, 5.41) is 13.6. The molecule has 1 aromatic heterocycles. The second kappa shape index (κ2) is 2.45. The molecule has 3 nitrogen and oxygen atoms in total. The maximum absolute atomic E-state index is 9.60. The zero-order valence-corrected chi connectivity index (χ0v) is 6.90. The number of hydrogen-bond donors (Lipinski definition) is 1. The van der Waals surface area contributed by atoms with Crippen molar-refractivity contribution in [3.8, 4) is 0 Å². The highest BCUT2D eigenvalue weighted by Crippen LogP contribution is 2.37. The van der Waals surface area contributed by atoms with Gasteiger partial charge in [0.25, 0.3) is 0 Å². The molecule has 0 unspecified atom stereocenters. The van der Waals surface area contributed by atoms with Gasteiger partial charge in [-0.25, -0.2) is 4.68 Å². The lowest BCUT2D eigenvalue weighted by Crippen LogP contribution is -2.09. The van der Waals surface area contributed by atoms with Gasteiger partial charge in [0.2, 0.25) is 0 Å². The first-order chi connectivity index (χ1) is 5.72. The van der Waals surface area contributed by atoms with Crippen molar-refractivity contribution in [1.82, 2.24) is 9.78 Å². The van der Waals surface area contributed by atoms with E-state index >= 15 is 0 Å². The van der Waals surface area contributed by atoms with Crippen molar-refractivity contribution in [2.24, 2.45) is 0 Å². The van der Waals surface area contributed by atoms with Gasteiger partial charge in [0, 0.05) is 18.8 Å². The number of aromatic nitrogens is 2. The van der Waals surface area contributed by atoms with Crippen LogP contribution in [0.4, 0.5) is 0 Å². The summed E-state index contributed by atoms with van der Waals surface area (Å²) in [6, 6.07) is 0. The Kier molecular flexibility index (Phi) is 1.54. The normalized spacial score (nSPS) is 19.1. The van der Waals surface area contributed by atoms with Gasteiger partial charge in [0.1, 0.15) is 0 Å². The Balaban J connectivity index is 2.08. The van der Waals surface area contributed by atoms with Gasteiger partial charge in [-0.15, -0.1) is 0 Å². The van der Waals surface area contributed by atoms with Crippen LogP contribution in [0.15, 0.2) is 19.0 Å². The summed E-state index contributed by atoms with van der Waals surface area (Å²) in [7, 11) is 0. The molecule has 0 atom stereocenters. The topological polar surface area (TPSA) is 38.0 Å². The fourth-order valence-electron chi connectivity index (χ4n) is 1.27. The summed E-state index contributed by atoms with van der Waals surface area (Å²) in [5.74, 6) is 0. The molecule has 1 heterocycles. The number of aliphatic hydroxyl groups is 1. The molecule has 1 aromatic rings. The maximum atomic E-state index is 9.60. The molecule has 0 radical (unpaired) electrons. The smallest absolute Gasteiger partial charge is 0.0691 e. The van der Waals surface area contributed by atoms with Crippen LogP contribution in [0.5, 0.6) is 0 Å². The lowest BCUT2D eigenvalue weighted by atomic mass is 10.1. The molecule has 12 heavy (non-hydrogen) atoms. The molecule has 0 aliphatic heterocycles. The molecule has 0 saturated heterocycles. The number of rotatable bonds is 3. The van der Waals surface area contributed by atoms with Crippen molar-refractivity contribution in [2.45, 2.75) is 24.9 Å². The van der Waals surface area contributed by atoms with Crippen molar-refractivity contribution in [3.05, 3.63) is 24.5 Å². The predicted octanol–water partition coefficient (Wildman–Crippen LogP) is 1.05. The SMILES string of the molecule is C=Cn1cc(CC2(O)CC2)cn1. The van der Waals surface area contributed by atoms with E-state index in [-0.39, 0.29) is 0 Å². The molecule has 0 aromatic carbocycles. The highest BCUT2D eigenvalue weighted by atomic mass is 16.3. The van der Waals surface area contributed by atoms with E-state index in [0.717, 1.165) is 24.8 Å². The molecule has 1 fully saturated rings. The van der Waals surface area contributed by atoms with Gasteiger partial charge in [0.15, 0.2) is 0 Å². The van der Waals surface area contributed by atoms with Crippen LogP contribution in [0.1, 0.15) is 18.4 Å². The van der Waals surface area contributed by atoms with Crippen LogP contribution in [0, 0.1) is 0 Å². The van der Waals surface area contributed by atoms with Gasteiger partial charge in [-0.2, -0.15) is 5.10 Å². The molecule has 1 saturated carbocycles. The van der Waals surface area contributed by atoms with Crippen LogP contribution in [-0.4, -0.2) is 20.5 Å².